The van der Waals surface area contributed by atoms with Gasteiger partial charge in [-0.05, 0) is 54.7 Å². The first-order valence-electron chi connectivity index (χ1n) is 11.7. The molecule has 1 unspecified atom stereocenters. The lowest BCUT2D eigenvalue weighted by atomic mass is 10.1. The lowest BCUT2D eigenvalue weighted by molar-refractivity contribution is -0.140. The SMILES string of the molecule is CCC(C(=O)NCC(C)C)N(Cc1ccccc1C)C(=O)CN(c1ccc(OC)cc1)S(C)(=O)=O. The van der Waals surface area contributed by atoms with Gasteiger partial charge in [0, 0.05) is 13.1 Å². The van der Waals surface area contributed by atoms with Crippen molar-refractivity contribution in [3.63, 3.8) is 0 Å². The van der Waals surface area contributed by atoms with E-state index in [4.69, 9.17) is 4.74 Å². The van der Waals surface area contributed by atoms with Gasteiger partial charge in [-0.1, -0.05) is 45.0 Å². The quantitative estimate of drug-likeness (QED) is 0.479. The Hall–Kier alpha value is -3.07. The van der Waals surface area contributed by atoms with E-state index >= 15 is 0 Å². The number of sulfonamides is 1. The molecule has 0 aliphatic rings. The van der Waals surface area contributed by atoms with E-state index in [0.717, 1.165) is 21.7 Å². The van der Waals surface area contributed by atoms with E-state index in [2.05, 4.69) is 5.32 Å². The molecule has 9 heteroatoms. The molecule has 0 aliphatic carbocycles. The number of nitrogens with one attached hydrogen (secondary N) is 1. The lowest BCUT2D eigenvalue weighted by Crippen LogP contribution is -2.52. The molecule has 0 bridgehead atoms. The van der Waals surface area contributed by atoms with Gasteiger partial charge in [0.2, 0.25) is 21.8 Å². The summed E-state index contributed by atoms with van der Waals surface area (Å²) in [6.07, 6.45) is 1.45. The summed E-state index contributed by atoms with van der Waals surface area (Å²) < 4.78 is 31.5. The third-order valence-corrected chi connectivity index (χ3v) is 6.85. The minimum absolute atomic E-state index is 0.194. The Bertz CT molecular complexity index is 1100. The summed E-state index contributed by atoms with van der Waals surface area (Å²) >= 11 is 0. The highest BCUT2D eigenvalue weighted by molar-refractivity contribution is 7.92. The van der Waals surface area contributed by atoms with Crippen LogP contribution in [0, 0.1) is 12.8 Å². The molecular weight excluding hydrogens is 466 g/mol. The molecule has 2 rings (SSSR count). The van der Waals surface area contributed by atoms with Crippen LogP contribution in [0.15, 0.2) is 48.5 Å². The topological polar surface area (TPSA) is 96.0 Å². The second-order valence-corrected chi connectivity index (χ2v) is 10.9. The van der Waals surface area contributed by atoms with Gasteiger partial charge in [0.15, 0.2) is 0 Å². The van der Waals surface area contributed by atoms with Gasteiger partial charge >= 0.3 is 0 Å². The Morgan fingerprint density at radius 3 is 2.20 bits per heavy atom. The number of nitrogens with zero attached hydrogens (tertiary/aromatic N) is 2. The Morgan fingerprint density at radius 1 is 1.06 bits per heavy atom. The Labute approximate surface area is 209 Å². The number of benzene rings is 2. The number of rotatable bonds is 12. The van der Waals surface area contributed by atoms with Gasteiger partial charge in [-0.15, -0.1) is 0 Å². The van der Waals surface area contributed by atoms with Gasteiger partial charge in [0.05, 0.1) is 19.1 Å². The molecule has 192 valence electrons. The number of aryl methyl sites for hydroxylation is 1. The van der Waals surface area contributed by atoms with Crippen LogP contribution < -0.4 is 14.4 Å². The second kappa shape index (κ2) is 12.6. The smallest absolute Gasteiger partial charge is 0.244 e. The van der Waals surface area contributed by atoms with Gasteiger partial charge in [0.25, 0.3) is 0 Å². The zero-order valence-corrected chi connectivity index (χ0v) is 22.3. The van der Waals surface area contributed by atoms with E-state index in [0.29, 0.717) is 24.4 Å². The molecule has 0 aromatic heterocycles. The van der Waals surface area contributed by atoms with Crippen molar-refractivity contribution >= 4 is 27.5 Å². The molecule has 0 heterocycles. The highest BCUT2D eigenvalue weighted by Gasteiger charge is 2.32. The first kappa shape index (κ1) is 28.2. The first-order valence-corrected chi connectivity index (χ1v) is 13.6. The van der Waals surface area contributed by atoms with Gasteiger partial charge in [-0.3, -0.25) is 13.9 Å². The van der Waals surface area contributed by atoms with Crippen molar-refractivity contribution in [2.75, 3.05) is 30.8 Å². The number of carbonyl (C=O) groups excluding carboxylic acids is 2. The van der Waals surface area contributed by atoms with E-state index in [1.165, 1.54) is 12.0 Å². The maximum atomic E-state index is 13.7. The molecule has 2 aromatic rings. The van der Waals surface area contributed by atoms with Crippen LogP contribution in [0.3, 0.4) is 0 Å². The highest BCUT2D eigenvalue weighted by Crippen LogP contribution is 2.23. The minimum atomic E-state index is -3.78. The predicted octanol–water partition coefficient (Wildman–Crippen LogP) is 3.35. The van der Waals surface area contributed by atoms with Gasteiger partial charge < -0.3 is 15.0 Å². The number of anilines is 1. The third-order valence-electron chi connectivity index (χ3n) is 5.71. The third kappa shape index (κ3) is 7.99. The lowest BCUT2D eigenvalue weighted by Gasteiger charge is -2.33. The summed E-state index contributed by atoms with van der Waals surface area (Å²) in [6.45, 7) is 8.04. The molecular formula is C26H37N3O5S. The normalized spacial score (nSPS) is 12.2. The van der Waals surface area contributed by atoms with Gasteiger partial charge in [-0.2, -0.15) is 0 Å². The summed E-state index contributed by atoms with van der Waals surface area (Å²) in [5, 5.41) is 2.92. The molecule has 0 spiro atoms. The Morgan fingerprint density at radius 2 is 1.69 bits per heavy atom. The van der Waals surface area contributed by atoms with Crippen molar-refractivity contribution in [1.29, 1.82) is 0 Å². The molecule has 1 atom stereocenters. The Kier molecular flexibility index (Phi) is 10.1. The van der Waals surface area contributed by atoms with E-state index < -0.39 is 28.5 Å². The molecule has 2 amide bonds. The maximum Gasteiger partial charge on any atom is 0.244 e. The number of ether oxygens (including phenoxy) is 1. The minimum Gasteiger partial charge on any atom is -0.497 e. The van der Waals surface area contributed by atoms with Gasteiger partial charge in [0.1, 0.15) is 18.3 Å². The molecule has 8 nitrogen and oxygen atoms in total. The van der Waals surface area contributed by atoms with Crippen molar-refractivity contribution in [3.05, 3.63) is 59.7 Å². The first-order chi connectivity index (χ1) is 16.5. The van der Waals surface area contributed by atoms with Crippen LogP contribution in [0.5, 0.6) is 5.75 Å². The zero-order valence-electron chi connectivity index (χ0n) is 21.4. The fourth-order valence-corrected chi connectivity index (χ4v) is 4.52. The average Bonchev–Trinajstić information content (AvgIpc) is 2.81. The maximum absolute atomic E-state index is 13.7. The predicted molar refractivity (Wildman–Crippen MR) is 139 cm³/mol. The second-order valence-electron chi connectivity index (χ2n) is 8.98. The summed E-state index contributed by atoms with van der Waals surface area (Å²) in [5.41, 5.74) is 2.22. The van der Waals surface area contributed by atoms with Crippen LogP contribution in [0.1, 0.15) is 38.3 Å². The van der Waals surface area contributed by atoms with Crippen LogP contribution in [0.2, 0.25) is 0 Å². The summed E-state index contributed by atoms with van der Waals surface area (Å²) in [7, 11) is -2.26. The molecule has 0 aliphatic heterocycles. The number of carbonyl (C=O) groups is 2. The van der Waals surface area contributed by atoms with E-state index in [9.17, 15) is 18.0 Å². The van der Waals surface area contributed by atoms with Crippen LogP contribution in [0.4, 0.5) is 5.69 Å². The number of hydrogen-bond donors (Lipinski definition) is 1. The molecule has 0 fully saturated rings. The fourth-order valence-electron chi connectivity index (χ4n) is 3.68. The molecule has 0 saturated carbocycles. The van der Waals surface area contributed by atoms with Crippen molar-refractivity contribution in [2.45, 2.75) is 46.7 Å². The van der Waals surface area contributed by atoms with Crippen LogP contribution in [0.25, 0.3) is 0 Å². The van der Waals surface area contributed by atoms with E-state index in [1.807, 2.05) is 52.0 Å². The largest absolute Gasteiger partial charge is 0.497 e. The highest BCUT2D eigenvalue weighted by atomic mass is 32.2. The van der Waals surface area contributed by atoms with Crippen molar-refractivity contribution in [3.8, 4) is 5.75 Å². The van der Waals surface area contributed by atoms with Gasteiger partial charge in [-0.25, -0.2) is 8.42 Å². The average molecular weight is 504 g/mol. The van der Waals surface area contributed by atoms with E-state index in [1.54, 1.807) is 24.3 Å². The van der Waals surface area contributed by atoms with Crippen LogP contribution in [-0.4, -0.2) is 57.6 Å². The zero-order chi connectivity index (χ0) is 26.2. The number of hydrogen-bond acceptors (Lipinski definition) is 5. The number of amides is 2. The van der Waals surface area contributed by atoms with Crippen molar-refractivity contribution in [2.24, 2.45) is 5.92 Å². The molecule has 1 N–H and O–H groups in total. The van der Waals surface area contributed by atoms with Crippen molar-refractivity contribution in [1.82, 2.24) is 10.2 Å². The number of methoxy groups -OCH3 is 1. The summed E-state index contributed by atoms with van der Waals surface area (Å²) in [6, 6.07) is 13.4. The molecule has 0 radical (unpaired) electrons. The summed E-state index contributed by atoms with van der Waals surface area (Å²) in [5.74, 6) is 0.120. The molecule has 2 aromatic carbocycles. The standard InChI is InChI=1S/C26H37N3O5S/c1-7-24(26(31)27-16-19(2)3)28(17-21-11-9-8-10-20(21)4)25(30)18-29(35(6,32)33)22-12-14-23(34-5)15-13-22/h8-15,19,24H,7,16-18H2,1-6H3,(H,27,31). The summed E-state index contributed by atoms with van der Waals surface area (Å²) in [4.78, 5) is 28.2. The monoisotopic (exact) mass is 503 g/mol. The van der Waals surface area contributed by atoms with Crippen molar-refractivity contribution < 1.29 is 22.7 Å². The van der Waals surface area contributed by atoms with Crippen LogP contribution in [-0.2, 0) is 26.2 Å². The molecule has 0 saturated heterocycles. The van der Waals surface area contributed by atoms with Crippen LogP contribution >= 0.6 is 0 Å². The fraction of sp³-hybridized carbons (Fsp3) is 0.462. The molecule has 35 heavy (non-hydrogen) atoms. The van der Waals surface area contributed by atoms with E-state index in [-0.39, 0.29) is 18.4 Å². The Balaban J connectivity index is 2.42.